The number of thioether (sulfide) groups is 1. The van der Waals surface area contributed by atoms with Crippen molar-refractivity contribution in [2.45, 2.75) is 19.0 Å². The van der Waals surface area contributed by atoms with Crippen molar-refractivity contribution in [2.75, 3.05) is 18.8 Å². The average Bonchev–Trinajstić information content (AvgIpc) is 2.54. The molecule has 0 spiro atoms. The molecule has 2 rings (SSSR count). The summed E-state index contributed by atoms with van der Waals surface area (Å²) >= 11 is 1.14. The third-order valence-corrected chi connectivity index (χ3v) is 4.25. The van der Waals surface area contributed by atoms with Crippen LogP contribution in [0.15, 0.2) is 46.3 Å². The van der Waals surface area contributed by atoms with Crippen molar-refractivity contribution in [3.05, 3.63) is 46.8 Å². The van der Waals surface area contributed by atoms with E-state index in [9.17, 15) is 14.7 Å². The number of carbonyl (C=O) groups is 1. The molecule has 0 aliphatic carbocycles. The Morgan fingerprint density at radius 3 is 2.52 bits per heavy atom. The number of aromatic nitrogens is 2. The Labute approximate surface area is 138 Å². The van der Waals surface area contributed by atoms with Gasteiger partial charge < -0.3 is 10.0 Å². The van der Waals surface area contributed by atoms with Crippen LogP contribution >= 0.6 is 11.8 Å². The summed E-state index contributed by atoms with van der Waals surface area (Å²) in [6.07, 6.45) is 0. The number of hydrogen-bond acceptors (Lipinski definition) is 5. The summed E-state index contributed by atoms with van der Waals surface area (Å²) in [5.74, 6) is -0.220. The van der Waals surface area contributed by atoms with Gasteiger partial charge in [-0.15, -0.1) is 0 Å². The highest BCUT2D eigenvalue weighted by molar-refractivity contribution is 7.99. The molecule has 0 saturated heterocycles. The first-order chi connectivity index (χ1) is 11.1. The summed E-state index contributed by atoms with van der Waals surface area (Å²) in [7, 11) is 0. The summed E-state index contributed by atoms with van der Waals surface area (Å²) in [5, 5.41) is 9.89. The Bertz CT molecular complexity index is 727. The van der Waals surface area contributed by atoms with E-state index in [0.29, 0.717) is 23.9 Å². The number of para-hydroxylation sites is 1. The Morgan fingerprint density at radius 2 is 1.91 bits per heavy atom. The van der Waals surface area contributed by atoms with Crippen molar-refractivity contribution in [1.29, 1.82) is 0 Å². The second-order valence-electron chi connectivity index (χ2n) is 4.76. The number of aromatic hydroxyl groups is 1. The normalized spacial score (nSPS) is 10.5. The van der Waals surface area contributed by atoms with Crippen molar-refractivity contribution in [3.63, 3.8) is 0 Å². The van der Waals surface area contributed by atoms with Gasteiger partial charge in [0, 0.05) is 13.1 Å². The second-order valence-corrected chi connectivity index (χ2v) is 5.70. The molecule has 2 aromatic rings. The quantitative estimate of drug-likeness (QED) is 0.645. The van der Waals surface area contributed by atoms with Crippen LogP contribution in [-0.2, 0) is 4.79 Å². The monoisotopic (exact) mass is 333 g/mol. The smallest absolute Gasteiger partial charge is 0.262 e. The Hall–Kier alpha value is -2.28. The van der Waals surface area contributed by atoms with Crippen LogP contribution in [0.25, 0.3) is 5.69 Å². The minimum absolute atomic E-state index is 0.0304. The Morgan fingerprint density at radius 1 is 1.26 bits per heavy atom. The number of rotatable bonds is 6. The lowest BCUT2D eigenvalue weighted by Gasteiger charge is -2.18. The molecule has 1 N–H and O–H groups in total. The minimum atomic E-state index is -0.388. The lowest BCUT2D eigenvalue weighted by Crippen LogP contribution is -2.32. The van der Waals surface area contributed by atoms with Crippen molar-refractivity contribution < 1.29 is 9.90 Å². The predicted molar refractivity (Wildman–Crippen MR) is 90.2 cm³/mol. The number of hydrogen-bond donors (Lipinski definition) is 1. The molecule has 23 heavy (non-hydrogen) atoms. The highest BCUT2D eigenvalue weighted by Gasteiger charge is 2.15. The molecule has 0 aliphatic rings. The molecule has 1 aromatic carbocycles. The number of benzene rings is 1. The highest BCUT2D eigenvalue weighted by atomic mass is 32.2. The summed E-state index contributed by atoms with van der Waals surface area (Å²) in [6.45, 7) is 5.10. The van der Waals surface area contributed by atoms with Gasteiger partial charge >= 0.3 is 0 Å². The Balaban J connectivity index is 2.32. The van der Waals surface area contributed by atoms with Gasteiger partial charge in [-0.2, -0.15) is 4.98 Å². The fourth-order valence-electron chi connectivity index (χ4n) is 2.15. The molecule has 0 radical (unpaired) electrons. The van der Waals surface area contributed by atoms with Gasteiger partial charge in [0.25, 0.3) is 5.56 Å². The third kappa shape index (κ3) is 4.13. The van der Waals surface area contributed by atoms with E-state index in [2.05, 4.69) is 4.98 Å². The number of carbonyl (C=O) groups excluding carboxylic acids is 1. The van der Waals surface area contributed by atoms with Crippen LogP contribution in [0.2, 0.25) is 0 Å². The largest absolute Gasteiger partial charge is 0.493 e. The van der Waals surface area contributed by atoms with Crippen LogP contribution in [0.5, 0.6) is 5.88 Å². The van der Waals surface area contributed by atoms with Gasteiger partial charge in [-0.05, 0) is 26.0 Å². The molecule has 0 aliphatic heterocycles. The third-order valence-electron chi connectivity index (χ3n) is 3.33. The lowest BCUT2D eigenvalue weighted by molar-refractivity contribution is -0.127. The molecule has 0 fully saturated rings. The zero-order valence-corrected chi connectivity index (χ0v) is 13.9. The van der Waals surface area contributed by atoms with E-state index in [-0.39, 0.29) is 23.1 Å². The van der Waals surface area contributed by atoms with Crippen LogP contribution in [0.3, 0.4) is 0 Å². The molecule has 122 valence electrons. The van der Waals surface area contributed by atoms with E-state index in [4.69, 9.17) is 0 Å². The van der Waals surface area contributed by atoms with Crippen molar-refractivity contribution in [2.24, 2.45) is 0 Å². The van der Waals surface area contributed by atoms with Crippen molar-refractivity contribution in [3.8, 4) is 11.6 Å². The molecule has 1 amide bonds. The fourth-order valence-corrected chi connectivity index (χ4v) is 3.07. The van der Waals surface area contributed by atoms with E-state index >= 15 is 0 Å². The van der Waals surface area contributed by atoms with Crippen molar-refractivity contribution >= 4 is 17.7 Å². The van der Waals surface area contributed by atoms with Crippen LogP contribution in [0.1, 0.15) is 13.8 Å². The van der Waals surface area contributed by atoms with Gasteiger partial charge in [-0.1, -0.05) is 30.0 Å². The molecule has 1 heterocycles. The number of amides is 1. The van der Waals surface area contributed by atoms with Gasteiger partial charge in [-0.25, -0.2) is 0 Å². The molecular weight excluding hydrogens is 314 g/mol. The summed E-state index contributed by atoms with van der Waals surface area (Å²) < 4.78 is 1.39. The molecule has 0 atom stereocenters. The van der Waals surface area contributed by atoms with Gasteiger partial charge in [0.2, 0.25) is 11.8 Å². The molecule has 0 unspecified atom stereocenters. The topological polar surface area (TPSA) is 75.4 Å². The first kappa shape index (κ1) is 17.1. The summed E-state index contributed by atoms with van der Waals surface area (Å²) in [5.41, 5.74) is 0.254. The van der Waals surface area contributed by atoms with Gasteiger partial charge in [0.1, 0.15) is 0 Å². The summed E-state index contributed by atoms with van der Waals surface area (Å²) in [6, 6.07) is 10.1. The van der Waals surface area contributed by atoms with E-state index in [1.807, 2.05) is 32.0 Å². The molecule has 6 nitrogen and oxygen atoms in total. The number of nitrogens with zero attached hydrogens (tertiary/aromatic N) is 3. The van der Waals surface area contributed by atoms with E-state index in [1.165, 1.54) is 4.57 Å². The molecule has 7 heteroatoms. The summed E-state index contributed by atoms with van der Waals surface area (Å²) in [4.78, 5) is 30.0. The van der Waals surface area contributed by atoms with Gasteiger partial charge in [0.05, 0.1) is 17.5 Å². The molecule has 1 aromatic heterocycles. The standard InChI is InChI=1S/C16H19N3O3S/c1-3-18(4-2)15(22)11-23-16-17-13(20)10-14(21)19(16)12-8-6-5-7-9-12/h5-10,20H,3-4,11H2,1-2H3. The zero-order chi connectivity index (χ0) is 16.8. The van der Waals surface area contributed by atoms with Gasteiger partial charge in [-0.3, -0.25) is 14.2 Å². The van der Waals surface area contributed by atoms with E-state index in [1.54, 1.807) is 17.0 Å². The minimum Gasteiger partial charge on any atom is -0.493 e. The lowest BCUT2D eigenvalue weighted by atomic mass is 10.3. The molecular formula is C16H19N3O3S. The maximum Gasteiger partial charge on any atom is 0.262 e. The zero-order valence-electron chi connectivity index (χ0n) is 13.1. The van der Waals surface area contributed by atoms with Crippen LogP contribution < -0.4 is 5.56 Å². The first-order valence-corrected chi connectivity index (χ1v) is 8.34. The average molecular weight is 333 g/mol. The SMILES string of the molecule is CCN(CC)C(=O)CSc1nc(O)cc(=O)n1-c1ccccc1. The van der Waals surface area contributed by atoms with Gasteiger partial charge in [0.15, 0.2) is 5.16 Å². The van der Waals surface area contributed by atoms with Crippen LogP contribution in [-0.4, -0.2) is 44.3 Å². The molecule has 0 bridgehead atoms. The Kier molecular flexibility index (Phi) is 5.81. The van der Waals surface area contributed by atoms with E-state index < -0.39 is 0 Å². The fraction of sp³-hybridized carbons (Fsp3) is 0.312. The van der Waals surface area contributed by atoms with E-state index in [0.717, 1.165) is 17.8 Å². The van der Waals surface area contributed by atoms with Crippen LogP contribution in [0.4, 0.5) is 0 Å². The second kappa shape index (κ2) is 7.82. The maximum atomic E-state index is 12.2. The van der Waals surface area contributed by atoms with Crippen LogP contribution in [0, 0.1) is 0 Å². The first-order valence-electron chi connectivity index (χ1n) is 7.35. The maximum absolute atomic E-state index is 12.2. The molecule has 0 saturated carbocycles. The predicted octanol–water partition coefficient (Wildman–Crippen LogP) is 1.90. The van der Waals surface area contributed by atoms with Crippen molar-refractivity contribution in [1.82, 2.24) is 14.5 Å². The highest BCUT2D eigenvalue weighted by Crippen LogP contribution is 2.20.